The van der Waals surface area contributed by atoms with Gasteiger partial charge in [0.2, 0.25) is 0 Å². The first-order valence-electron chi connectivity index (χ1n) is 7.19. The summed E-state index contributed by atoms with van der Waals surface area (Å²) in [5, 5.41) is 2.35. The minimum absolute atomic E-state index is 0.124. The number of aromatic amines is 1. The maximum atomic E-state index is 12.0. The molecule has 23 heavy (non-hydrogen) atoms. The number of aryl methyl sites for hydroxylation is 1. The summed E-state index contributed by atoms with van der Waals surface area (Å²) in [6.45, 7) is 2.22. The van der Waals surface area contributed by atoms with Gasteiger partial charge in [0.05, 0.1) is 12.2 Å². The molecule has 2 N–H and O–H groups in total. The second-order valence-electron chi connectivity index (χ2n) is 5.02. The number of hydrogen-bond acceptors (Lipinski definition) is 4. The van der Waals surface area contributed by atoms with Gasteiger partial charge in [-0.2, -0.15) is 0 Å². The maximum absolute atomic E-state index is 12.0. The molecular weight excluding hydrogens is 296 g/mol. The number of carbonyl (C=O) groups is 2. The fourth-order valence-corrected chi connectivity index (χ4v) is 2.13. The van der Waals surface area contributed by atoms with E-state index < -0.39 is 17.4 Å². The van der Waals surface area contributed by atoms with Crippen LogP contribution in [0, 0.1) is 6.92 Å². The van der Waals surface area contributed by atoms with Gasteiger partial charge in [-0.1, -0.05) is 24.3 Å². The van der Waals surface area contributed by atoms with Crippen molar-refractivity contribution >= 4 is 11.9 Å². The fraction of sp³-hybridized carbons (Fsp3) is 0.235. The van der Waals surface area contributed by atoms with Crippen LogP contribution < -0.4 is 10.9 Å². The molecule has 1 heterocycles. The SMILES string of the molecule is CNC(=O)c1cc(C(=O)OCCc2ccccc2C)c[nH]c1=O. The van der Waals surface area contributed by atoms with Crippen molar-refractivity contribution in [3.05, 3.63) is 69.1 Å². The molecule has 0 aliphatic heterocycles. The Morgan fingerprint density at radius 3 is 2.70 bits per heavy atom. The molecular formula is C17H18N2O4. The number of H-pyrrole nitrogens is 1. The lowest BCUT2D eigenvalue weighted by Gasteiger charge is -2.07. The standard InChI is InChI=1S/C17H18N2O4/c1-11-5-3-4-6-12(11)7-8-23-17(22)13-9-14(15(20)18-2)16(21)19-10-13/h3-6,9-10H,7-8H2,1-2H3,(H,18,20)(H,19,21). The molecule has 0 radical (unpaired) electrons. The highest BCUT2D eigenvalue weighted by Gasteiger charge is 2.14. The first kappa shape index (κ1) is 16.5. The van der Waals surface area contributed by atoms with Gasteiger partial charge in [-0.3, -0.25) is 9.59 Å². The van der Waals surface area contributed by atoms with Crippen molar-refractivity contribution in [3.8, 4) is 0 Å². The van der Waals surface area contributed by atoms with Crippen molar-refractivity contribution in [1.29, 1.82) is 0 Å². The van der Waals surface area contributed by atoms with Gasteiger partial charge in [0.1, 0.15) is 5.56 Å². The van der Waals surface area contributed by atoms with Crippen LogP contribution >= 0.6 is 0 Å². The molecule has 0 unspecified atom stereocenters. The lowest BCUT2D eigenvalue weighted by atomic mass is 10.1. The molecule has 0 atom stereocenters. The number of carbonyl (C=O) groups excluding carboxylic acids is 2. The highest BCUT2D eigenvalue weighted by molar-refractivity contribution is 5.97. The number of amides is 1. The Bertz CT molecular complexity index is 780. The van der Waals surface area contributed by atoms with Crippen molar-refractivity contribution in [3.63, 3.8) is 0 Å². The van der Waals surface area contributed by atoms with Crippen molar-refractivity contribution in [2.75, 3.05) is 13.7 Å². The minimum Gasteiger partial charge on any atom is -0.462 e. The summed E-state index contributed by atoms with van der Waals surface area (Å²) in [5.41, 5.74) is 1.69. The van der Waals surface area contributed by atoms with E-state index in [4.69, 9.17) is 4.74 Å². The minimum atomic E-state index is -0.583. The van der Waals surface area contributed by atoms with Crippen molar-refractivity contribution in [2.45, 2.75) is 13.3 Å². The predicted octanol–water partition coefficient (Wildman–Crippen LogP) is 1.44. The quantitative estimate of drug-likeness (QED) is 0.818. The highest BCUT2D eigenvalue weighted by atomic mass is 16.5. The molecule has 0 aliphatic carbocycles. The largest absolute Gasteiger partial charge is 0.462 e. The van der Waals surface area contributed by atoms with Gasteiger partial charge in [-0.15, -0.1) is 0 Å². The monoisotopic (exact) mass is 314 g/mol. The molecule has 2 aromatic rings. The molecule has 0 aliphatic rings. The van der Waals surface area contributed by atoms with Crippen LogP contribution in [-0.4, -0.2) is 30.5 Å². The Kier molecular flexibility index (Phi) is 5.30. The molecule has 2 rings (SSSR count). The van der Waals surface area contributed by atoms with Crippen LogP contribution in [0.25, 0.3) is 0 Å². The van der Waals surface area contributed by atoms with Crippen molar-refractivity contribution in [2.24, 2.45) is 0 Å². The van der Waals surface area contributed by atoms with Crippen molar-refractivity contribution < 1.29 is 14.3 Å². The summed E-state index contributed by atoms with van der Waals surface area (Å²) in [6.07, 6.45) is 1.84. The zero-order valence-electron chi connectivity index (χ0n) is 13.0. The number of hydrogen-bond donors (Lipinski definition) is 2. The zero-order chi connectivity index (χ0) is 16.8. The summed E-state index contributed by atoms with van der Waals surface area (Å²) >= 11 is 0. The van der Waals surface area contributed by atoms with Crippen molar-refractivity contribution in [1.82, 2.24) is 10.3 Å². The summed E-state index contributed by atoms with van der Waals surface area (Å²) in [4.78, 5) is 37.5. The average Bonchev–Trinajstić information content (AvgIpc) is 2.56. The van der Waals surface area contributed by atoms with E-state index >= 15 is 0 Å². The predicted molar refractivity (Wildman–Crippen MR) is 85.6 cm³/mol. The van der Waals surface area contributed by atoms with Crippen LogP contribution in [0.5, 0.6) is 0 Å². The number of benzene rings is 1. The number of rotatable bonds is 5. The summed E-state index contributed by atoms with van der Waals surface area (Å²) in [5.74, 6) is -1.14. The number of pyridine rings is 1. The van der Waals surface area contributed by atoms with E-state index in [-0.39, 0.29) is 17.7 Å². The van der Waals surface area contributed by atoms with Gasteiger partial charge in [-0.25, -0.2) is 4.79 Å². The normalized spacial score (nSPS) is 10.2. The molecule has 0 spiro atoms. The molecule has 1 aromatic carbocycles. The number of nitrogens with one attached hydrogen (secondary N) is 2. The third-order valence-corrected chi connectivity index (χ3v) is 3.48. The molecule has 6 nitrogen and oxygen atoms in total. The van der Waals surface area contributed by atoms with Gasteiger partial charge < -0.3 is 15.0 Å². The highest BCUT2D eigenvalue weighted by Crippen LogP contribution is 2.08. The second-order valence-corrected chi connectivity index (χ2v) is 5.02. The number of esters is 1. The third-order valence-electron chi connectivity index (χ3n) is 3.48. The maximum Gasteiger partial charge on any atom is 0.339 e. The Morgan fingerprint density at radius 1 is 1.26 bits per heavy atom. The first-order valence-corrected chi connectivity index (χ1v) is 7.19. The van der Waals surface area contributed by atoms with E-state index in [2.05, 4.69) is 10.3 Å². The molecule has 0 saturated carbocycles. The van der Waals surface area contributed by atoms with Gasteiger partial charge >= 0.3 is 5.97 Å². The van der Waals surface area contributed by atoms with Crippen LogP contribution in [0.3, 0.4) is 0 Å². The molecule has 6 heteroatoms. The lowest BCUT2D eigenvalue weighted by Crippen LogP contribution is -2.27. The zero-order valence-corrected chi connectivity index (χ0v) is 13.0. The average molecular weight is 314 g/mol. The first-order chi connectivity index (χ1) is 11.0. The van der Waals surface area contributed by atoms with E-state index in [1.54, 1.807) is 0 Å². The fourth-order valence-electron chi connectivity index (χ4n) is 2.13. The number of aromatic nitrogens is 1. The topological polar surface area (TPSA) is 88.3 Å². The Morgan fingerprint density at radius 2 is 2.00 bits per heavy atom. The molecule has 0 saturated heterocycles. The van der Waals surface area contributed by atoms with Crippen LogP contribution in [0.15, 0.2) is 41.3 Å². The summed E-state index contributed by atoms with van der Waals surface area (Å²) < 4.78 is 5.20. The number of ether oxygens (including phenoxy) is 1. The molecule has 1 aromatic heterocycles. The van der Waals surface area contributed by atoms with E-state index in [0.29, 0.717) is 6.42 Å². The Labute approximate surface area is 133 Å². The van der Waals surface area contributed by atoms with Gasteiger partial charge in [0.15, 0.2) is 0 Å². The van der Waals surface area contributed by atoms with E-state index in [0.717, 1.165) is 11.1 Å². The van der Waals surface area contributed by atoms with Crippen LogP contribution in [-0.2, 0) is 11.2 Å². The molecule has 0 fully saturated rings. The van der Waals surface area contributed by atoms with E-state index in [1.807, 2.05) is 31.2 Å². The lowest BCUT2D eigenvalue weighted by molar-refractivity contribution is 0.0508. The van der Waals surface area contributed by atoms with E-state index in [9.17, 15) is 14.4 Å². The summed E-state index contributed by atoms with van der Waals surface area (Å²) in [7, 11) is 1.41. The van der Waals surface area contributed by atoms with Crippen LogP contribution in [0.4, 0.5) is 0 Å². The third kappa shape index (κ3) is 4.06. The second kappa shape index (κ2) is 7.40. The molecule has 1 amide bonds. The van der Waals surface area contributed by atoms with Crippen LogP contribution in [0.1, 0.15) is 31.8 Å². The van der Waals surface area contributed by atoms with Gasteiger partial charge in [0.25, 0.3) is 11.5 Å². The van der Waals surface area contributed by atoms with Crippen LogP contribution in [0.2, 0.25) is 0 Å². The Balaban J connectivity index is 2.02. The Hall–Kier alpha value is -2.89. The van der Waals surface area contributed by atoms with Gasteiger partial charge in [0, 0.05) is 19.7 Å². The molecule has 0 bridgehead atoms. The summed E-state index contributed by atoms with van der Waals surface area (Å²) in [6, 6.07) is 9.09. The van der Waals surface area contributed by atoms with E-state index in [1.165, 1.54) is 19.3 Å². The smallest absolute Gasteiger partial charge is 0.339 e. The molecule has 120 valence electrons. The van der Waals surface area contributed by atoms with Gasteiger partial charge in [-0.05, 0) is 24.1 Å².